The molecule has 1 aliphatic heterocycles. The molecule has 1 saturated heterocycles. The molecule has 0 aromatic heterocycles. The SMILES string of the molecule is CC(=O)C(=Cc1cccc([N+](=O)[O-])c1)S(=O)(=O)N1CCCC1. The fraction of sp³-hybridized carbons (Fsp3) is 0.357. The Hall–Kier alpha value is -2.06. The number of rotatable bonds is 5. The van der Waals surface area contributed by atoms with Gasteiger partial charge in [-0.2, -0.15) is 4.31 Å². The number of hydrogen-bond donors (Lipinski definition) is 0. The van der Waals surface area contributed by atoms with Crippen LogP contribution in [0.4, 0.5) is 5.69 Å². The van der Waals surface area contributed by atoms with E-state index in [2.05, 4.69) is 0 Å². The normalized spacial score (nSPS) is 16.7. The molecular formula is C14H16N2O5S. The Kier molecular flexibility index (Phi) is 4.72. The lowest BCUT2D eigenvalue weighted by atomic mass is 10.2. The molecule has 1 aliphatic rings. The molecule has 0 spiro atoms. The van der Waals surface area contributed by atoms with Gasteiger partial charge in [-0.05, 0) is 31.4 Å². The van der Waals surface area contributed by atoms with Gasteiger partial charge in [0.25, 0.3) is 5.69 Å². The number of carbonyl (C=O) groups excluding carboxylic acids is 1. The molecule has 1 aromatic rings. The molecule has 0 unspecified atom stereocenters. The second kappa shape index (κ2) is 6.37. The zero-order chi connectivity index (χ0) is 16.3. The molecule has 1 fully saturated rings. The van der Waals surface area contributed by atoms with E-state index in [1.54, 1.807) is 0 Å². The maximum atomic E-state index is 12.5. The predicted octanol–water partition coefficient (Wildman–Crippen LogP) is 1.95. The molecule has 8 heteroatoms. The van der Waals surface area contributed by atoms with E-state index in [1.165, 1.54) is 41.6 Å². The molecule has 1 heterocycles. The number of nitro groups is 1. The summed E-state index contributed by atoms with van der Waals surface area (Å²) in [5, 5.41) is 10.8. The van der Waals surface area contributed by atoms with Crippen LogP contribution < -0.4 is 0 Å². The van der Waals surface area contributed by atoms with Crippen molar-refractivity contribution in [3.8, 4) is 0 Å². The number of nitro benzene ring substituents is 1. The zero-order valence-corrected chi connectivity index (χ0v) is 12.9. The van der Waals surface area contributed by atoms with Crippen molar-refractivity contribution in [2.24, 2.45) is 0 Å². The maximum absolute atomic E-state index is 12.5. The summed E-state index contributed by atoms with van der Waals surface area (Å²) in [7, 11) is -3.86. The van der Waals surface area contributed by atoms with Gasteiger partial charge in [0, 0.05) is 25.2 Å². The van der Waals surface area contributed by atoms with E-state index < -0.39 is 20.7 Å². The molecule has 0 atom stereocenters. The fourth-order valence-corrected chi connectivity index (χ4v) is 3.97. The number of Topliss-reactive ketones (excluding diaryl/α,β-unsaturated/α-hetero) is 1. The first kappa shape index (κ1) is 16.3. The number of ketones is 1. The molecule has 7 nitrogen and oxygen atoms in total. The molecule has 118 valence electrons. The Morgan fingerprint density at radius 1 is 1.32 bits per heavy atom. The number of allylic oxidation sites excluding steroid dienone is 1. The van der Waals surface area contributed by atoms with Crippen molar-refractivity contribution in [1.29, 1.82) is 0 Å². The Morgan fingerprint density at radius 2 is 1.95 bits per heavy atom. The van der Waals surface area contributed by atoms with Gasteiger partial charge in [-0.25, -0.2) is 8.42 Å². The molecule has 0 aliphatic carbocycles. The Bertz CT molecular complexity index is 733. The highest BCUT2D eigenvalue weighted by Crippen LogP contribution is 2.23. The van der Waals surface area contributed by atoms with Gasteiger partial charge in [0.1, 0.15) is 4.91 Å². The summed E-state index contributed by atoms with van der Waals surface area (Å²) >= 11 is 0. The van der Waals surface area contributed by atoms with Gasteiger partial charge in [0.2, 0.25) is 10.0 Å². The smallest absolute Gasteiger partial charge is 0.270 e. The first-order valence-corrected chi connectivity index (χ1v) is 8.23. The van der Waals surface area contributed by atoms with Gasteiger partial charge < -0.3 is 0 Å². The Labute approximate surface area is 128 Å². The minimum Gasteiger partial charge on any atom is -0.294 e. The molecule has 0 N–H and O–H groups in total. The molecule has 2 rings (SSSR count). The lowest BCUT2D eigenvalue weighted by Gasteiger charge is -2.16. The van der Waals surface area contributed by atoms with Crippen LogP contribution in [0.3, 0.4) is 0 Å². The van der Waals surface area contributed by atoms with Crippen LogP contribution in [0.1, 0.15) is 25.3 Å². The topological polar surface area (TPSA) is 97.6 Å². The minimum absolute atomic E-state index is 0.157. The van der Waals surface area contributed by atoms with Crippen molar-refractivity contribution >= 4 is 27.6 Å². The number of sulfonamides is 1. The van der Waals surface area contributed by atoms with E-state index in [-0.39, 0.29) is 10.6 Å². The van der Waals surface area contributed by atoms with Crippen molar-refractivity contribution in [1.82, 2.24) is 4.31 Å². The molecular weight excluding hydrogens is 308 g/mol. The minimum atomic E-state index is -3.86. The highest BCUT2D eigenvalue weighted by atomic mass is 32.2. The summed E-state index contributed by atoms with van der Waals surface area (Å²) in [6.45, 7) is 1.96. The van der Waals surface area contributed by atoms with E-state index >= 15 is 0 Å². The number of nitrogens with zero attached hydrogens (tertiary/aromatic N) is 2. The Morgan fingerprint density at radius 3 is 2.50 bits per heavy atom. The molecule has 0 radical (unpaired) electrons. The first-order valence-electron chi connectivity index (χ1n) is 6.79. The average molecular weight is 324 g/mol. The lowest BCUT2D eigenvalue weighted by Crippen LogP contribution is -2.31. The van der Waals surface area contributed by atoms with Crippen molar-refractivity contribution in [2.45, 2.75) is 19.8 Å². The van der Waals surface area contributed by atoms with Gasteiger partial charge in [-0.15, -0.1) is 0 Å². The Balaban J connectivity index is 2.45. The fourth-order valence-electron chi connectivity index (χ4n) is 2.30. The maximum Gasteiger partial charge on any atom is 0.270 e. The van der Waals surface area contributed by atoms with E-state index in [9.17, 15) is 23.3 Å². The number of hydrogen-bond acceptors (Lipinski definition) is 5. The van der Waals surface area contributed by atoms with Crippen molar-refractivity contribution < 1.29 is 18.1 Å². The van der Waals surface area contributed by atoms with E-state index in [4.69, 9.17) is 0 Å². The number of carbonyl (C=O) groups is 1. The first-order chi connectivity index (χ1) is 10.3. The van der Waals surface area contributed by atoms with Crippen LogP contribution in [0.15, 0.2) is 29.2 Å². The summed E-state index contributed by atoms with van der Waals surface area (Å²) in [4.78, 5) is 21.6. The standard InChI is InChI=1S/C14H16N2O5S/c1-11(17)14(22(20,21)15-7-2-3-8-15)10-12-5-4-6-13(9-12)16(18)19/h4-6,9-10H,2-3,7-8H2,1H3. The van der Waals surface area contributed by atoms with E-state index in [0.717, 1.165) is 12.8 Å². The molecule has 0 amide bonds. The van der Waals surface area contributed by atoms with Crippen molar-refractivity contribution in [2.75, 3.05) is 13.1 Å². The molecule has 22 heavy (non-hydrogen) atoms. The van der Waals surface area contributed by atoms with Gasteiger partial charge in [-0.1, -0.05) is 12.1 Å². The molecule has 1 aromatic carbocycles. The third-order valence-corrected chi connectivity index (χ3v) is 5.41. The summed E-state index contributed by atoms with van der Waals surface area (Å²) in [6, 6.07) is 5.52. The van der Waals surface area contributed by atoms with Crippen molar-refractivity contribution in [3.63, 3.8) is 0 Å². The highest BCUT2D eigenvalue weighted by Gasteiger charge is 2.31. The predicted molar refractivity (Wildman–Crippen MR) is 81.5 cm³/mol. The molecule has 0 saturated carbocycles. The van der Waals surface area contributed by atoms with Crippen LogP contribution in [0.2, 0.25) is 0 Å². The second-order valence-corrected chi connectivity index (χ2v) is 6.93. The van der Waals surface area contributed by atoms with Crippen LogP contribution in [0, 0.1) is 10.1 Å². The van der Waals surface area contributed by atoms with Crippen molar-refractivity contribution in [3.05, 3.63) is 44.8 Å². The van der Waals surface area contributed by atoms with E-state index in [1.807, 2.05) is 0 Å². The van der Waals surface area contributed by atoms with Crippen LogP contribution in [0.5, 0.6) is 0 Å². The lowest BCUT2D eigenvalue weighted by molar-refractivity contribution is -0.384. The summed E-state index contributed by atoms with van der Waals surface area (Å²) < 4.78 is 26.3. The van der Waals surface area contributed by atoms with Gasteiger partial charge in [0.05, 0.1) is 4.92 Å². The number of benzene rings is 1. The third kappa shape index (κ3) is 3.40. The molecule has 0 bridgehead atoms. The van der Waals surface area contributed by atoms with Gasteiger partial charge in [0.15, 0.2) is 5.78 Å². The second-order valence-electron chi connectivity index (χ2n) is 5.03. The highest BCUT2D eigenvalue weighted by molar-refractivity contribution is 7.94. The summed E-state index contributed by atoms with van der Waals surface area (Å²) in [5.74, 6) is -0.585. The monoisotopic (exact) mass is 324 g/mol. The summed E-state index contributed by atoms with van der Waals surface area (Å²) in [5.41, 5.74) is 0.150. The summed E-state index contributed by atoms with van der Waals surface area (Å²) in [6.07, 6.45) is 2.73. The zero-order valence-electron chi connectivity index (χ0n) is 12.1. The van der Waals surface area contributed by atoms with Crippen LogP contribution in [0.25, 0.3) is 6.08 Å². The van der Waals surface area contributed by atoms with Crippen LogP contribution in [-0.2, 0) is 14.8 Å². The third-order valence-electron chi connectivity index (χ3n) is 3.41. The van der Waals surface area contributed by atoms with Gasteiger partial charge >= 0.3 is 0 Å². The van der Waals surface area contributed by atoms with Gasteiger partial charge in [-0.3, -0.25) is 14.9 Å². The average Bonchev–Trinajstić information content (AvgIpc) is 2.99. The number of non-ortho nitro benzene ring substituents is 1. The largest absolute Gasteiger partial charge is 0.294 e. The van der Waals surface area contributed by atoms with Crippen LogP contribution >= 0.6 is 0 Å². The van der Waals surface area contributed by atoms with Crippen LogP contribution in [-0.4, -0.2) is 36.5 Å². The van der Waals surface area contributed by atoms with E-state index in [0.29, 0.717) is 18.7 Å². The quantitative estimate of drug-likeness (QED) is 0.468.